The van der Waals surface area contributed by atoms with E-state index in [-0.39, 0.29) is 30.5 Å². The number of hydrogen-bond donors (Lipinski definition) is 3. The second-order valence-corrected chi connectivity index (χ2v) is 14.4. The van der Waals surface area contributed by atoms with Gasteiger partial charge in [0.1, 0.15) is 11.1 Å². The van der Waals surface area contributed by atoms with E-state index in [0.717, 1.165) is 37.6 Å². The van der Waals surface area contributed by atoms with E-state index in [1.165, 1.54) is 29.9 Å². The summed E-state index contributed by atoms with van der Waals surface area (Å²) in [7, 11) is 0. The van der Waals surface area contributed by atoms with Crippen LogP contribution in [0, 0.1) is 5.92 Å². The van der Waals surface area contributed by atoms with Crippen LogP contribution in [0.5, 0.6) is 0 Å². The number of amides is 3. The number of piperidine rings is 1. The van der Waals surface area contributed by atoms with Crippen molar-refractivity contribution in [2.45, 2.75) is 75.4 Å². The van der Waals surface area contributed by atoms with Crippen LogP contribution >= 0.6 is 23.4 Å². The minimum atomic E-state index is -1.01. The molecule has 45 heavy (non-hydrogen) atoms. The summed E-state index contributed by atoms with van der Waals surface area (Å²) in [5.41, 5.74) is 0.916. The maximum Gasteiger partial charge on any atom is 0.287 e. The zero-order chi connectivity index (χ0) is 31.2. The lowest BCUT2D eigenvalue weighted by Gasteiger charge is -2.45. The van der Waals surface area contributed by atoms with Gasteiger partial charge in [0, 0.05) is 42.0 Å². The van der Waals surface area contributed by atoms with Crippen molar-refractivity contribution < 1.29 is 18.8 Å². The summed E-state index contributed by atoms with van der Waals surface area (Å²) in [6, 6.07) is 18.6. The minimum Gasteiger partial charge on any atom is -0.451 e. The van der Waals surface area contributed by atoms with Gasteiger partial charge in [-0.05, 0) is 92.3 Å². The van der Waals surface area contributed by atoms with E-state index in [1.807, 2.05) is 0 Å². The third-order valence-corrected chi connectivity index (χ3v) is 11.1. The standard InChI is InChI=1S/C35H43ClN4O4S/c36-27-8-9-30-26(21-27)22-31(44-30)33(42)39-35(14-4-5-15-35)34(43)37-16-10-32(41)38-23-24-11-17-40(28-12-18-45-19-13-28)29(20-24)25-6-2-1-3-7-25/h1-3,6-9,21-22,24,28-29H,4-5,10-20,23H2,(H,37,43)(H,38,41)(H,39,42). The Labute approximate surface area is 274 Å². The molecule has 10 heteroatoms. The first kappa shape index (κ1) is 32.0. The molecular formula is C35H43ClN4O4S. The second kappa shape index (κ2) is 14.6. The lowest BCUT2D eigenvalue weighted by molar-refractivity contribution is -0.127. The molecule has 3 fully saturated rings. The molecule has 0 spiro atoms. The number of furan rings is 1. The van der Waals surface area contributed by atoms with Gasteiger partial charge in [-0.1, -0.05) is 54.8 Å². The topological polar surface area (TPSA) is 104 Å². The Morgan fingerprint density at radius 2 is 1.76 bits per heavy atom. The fraction of sp³-hybridized carbons (Fsp3) is 0.514. The second-order valence-electron chi connectivity index (χ2n) is 12.7. The normalized spacial score (nSPS) is 22.2. The van der Waals surface area contributed by atoms with E-state index in [0.29, 0.717) is 48.0 Å². The lowest BCUT2D eigenvalue weighted by Crippen LogP contribution is -2.57. The molecule has 3 aromatic rings. The highest BCUT2D eigenvalue weighted by Crippen LogP contribution is 2.38. The van der Waals surface area contributed by atoms with Crippen molar-refractivity contribution in [3.8, 4) is 0 Å². The van der Waals surface area contributed by atoms with Crippen molar-refractivity contribution in [1.82, 2.24) is 20.9 Å². The van der Waals surface area contributed by atoms with Gasteiger partial charge in [-0.25, -0.2) is 0 Å². The highest BCUT2D eigenvalue weighted by molar-refractivity contribution is 7.99. The van der Waals surface area contributed by atoms with E-state index in [1.54, 1.807) is 24.3 Å². The fourth-order valence-corrected chi connectivity index (χ4v) is 8.56. The number of thioether (sulfide) groups is 1. The van der Waals surface area contributed by atoms with Crippen molar-refractivity contribution >= 4 is 52.1 Å². The SMILES string of the molecule is O=C(CCNC(=O)C1(NC(=O)c2cc3cc(Cl)ccc3o2)CCCC1)NCC1CCN(C2CCSCC2)C(c2ccccc2)C1. The Kier molecular flexibility index (Phi) is 10.4. The fourth-order valence-electron chi connectivity index (χ4n) is 7.30. The number of nitrogens with one attached hydrogen (secondary N) is 3. The number of carbonyl (C=O) groups excluding carboxylic acids is 3. The first-order valence-electron chi connectivity index (χ1n) is 16.4. The molecule has 0 bridgehead atoms. The zero-order valence-corrected chi connectivity index (χ0v) is 27.3. The first-order chi connectivity index (χ1) is 21.9. The van der Waals surface area contributed by atoms with Crippen LogP contribution in [0.25, 0.3) is 11.0 Å². The molecule has 1 aromatic heterocycles. The smallest absolute Gasteiger partial charge is 0.287 e. The van der Waals surface area contributed by atoms with Crippen LogP contribution < -0.4 is 16.0 Å². The summed E-state index contributed by atoms with van der Waals surface area (Å²) in [5, 5.41) is 10.3. The molecule has 0 radical (unpaired) electrons. The Morgan fingerprint density at radius 1 is 0.978 bits per heavy atom. The number of hydrogen-bond acceptors (Lipinski definition) is 6. The summed E-state index contributed by atoms with van der Waals surface area (Å²) in [6.45, 7) is 1.92. The van der Waals surface area contributed by atoms with Crippen LogP contribution in [0.2, 0.25) is 5.02 Å². The predicted molar refractivity (Wildman–Crippen MR) is 179 cm³/mol. The van der Waals surface area contributed by atoms with Gasteiger partial charge in [-0.2, -0.15) is 11.8 Å². The average Bonchev–Trinajstić information content (AvgIpc) is 3.72. The number of halogens is 1. The molecule has 2 unspecified atom stereocenters. The largest absolute Gasteiger partial charge is 0.451 e. The highest BCUT2D eigenvalue weighted by Gasteiger charge is 2.43. The highest BCUT2D eigenvalue weighted by atomic mass is 35.5. The molecule has 2 atom stereocenters. The van der Waals surface area contributed by atoms with Crippen LogP contribution in [-0.2, 0) is 9.59 Å². The van der Waals surface area contributed by atoms with Crippen LogP contribution in [-0.4, -0.2) is 65.3 Å². The Hall–Kier alpha value is -3.01. The molecule has 8 nitrogen and oxygen atoms in total. The molecule has 2 saturated heterocycles. The summed E-state index contributed by atoms with van der Waals surface area (Å²) in [4.78, 5) is 42.0. The van der Waals surface area contributed by atoms with Gasteiger partial charge < -0.3 is 20.4 Å². The number of rotatable bonds is 10. The number of fused-ring (bicyclic) bond motifs is 1. The predicted octanol–water partition coefficient (Wildman–Crippen LogP) is 6.10. The van der Waals surface area contributed by atoms with Crippen molar-refractivity contribution in [2.75, 3.05) is 31.1 Å². The van der Waals surface area contributed by atoms with Crippen molar-refractivity contribution in [1.29, 1.82) is 0 Å². The molecule has 2 aliphatic heterocycles. The Balaban J connectivity index is 0.983. The molecule has 3 heterocycles. The zero-order valence-electron chi connectivity index (χ0n) is 25.7. The third-order valence-electron chi connectivity index (χ3n) is 9.77. The van der Waals surface area contributed by atoms with Gasteiger partial charge in [0.2, 0.25) is 11.8 Å². The maximum atomic E-state index is 13.4. The van der Waals surface area contributed by atoms with E-state index >= 15 is 0 Å². The number of nitrogens with zero attached hydrogens (tertiary/aromatic N) is 1. The third kappa shape index (κ3) is 7.69. The number of carbonyl (C=O) groups is 3. The van der Waals surface area contributed by atoms with Crippen molar-refractivity contribution in [2.24, 2.45) is 5.92 Å². The molecule has 3 aliphatic rings. The van der Waals surface area contributed by atoms with Gasteiger partial charge in [-0.15, -0.1) is 0 Å². The molecule has 240 valence electrons. The monoisotopic (exact) mass is 650 g/mol. The van der Waals surface area contributed by atoms with Crippen LogP contribution in [0.1, 0.15) is 79.9 Å². The van der Waals surface area contributed by atoms with Gasteiger partial charge in [0.25, 0.3) is 5.91 Å². The average molecular weight is 651 g/mol. The van der Waals surface area contributed by atoms with Gasteiger partial charge in [-0.3, -0.25) is 19.3 Å². The Morgan fingerprint density at radius 3 is 2.53 bits per heavy atom. The van der Waals surface area contributed by atoms with E-state index in [9.17, 15) is 14.4 Å². The number of benzene rings is 2. The van der Waals surface area contributed by atoms with Gasteiger partial charge in [0.15, 0.2) is 5.76 Å². The van der Waals surface area contributed by atoms with E-state index < -0.39 is 11.4 Å². The number of likely N-dealkylation sites (tertiary alicyclic amines) is 1. The molecule has 2 aromatic carbocycles. The molecule has 3 amide bonds. The first-order valence-corrected chi connectivity index (χ1v) is 17.9. The molecule has 1 aliphatic carbocycles. The molecular weight excluding hydrogens is 608 g/mol. The van der Waals surface area contributed by atoms with Crippen LogP contribution in [0.4, 0.5) is 0 Å². The van der Waals surface area contributed by atoms with Crippen LogP contribution in [0.3, 0.4) is 0 Å². The quantitative estimate of drug-likeness (QED) is 0.245. The Bertz CT molecular complexity index is 1490. The maximum absolute atomic E-state index is 13.4. The van der Waals surface area contributed by atoms with Gasteiger partial charge >= 0.3 is 0 Å². The summed E-state index contributed by atoms with van der Waals surface area (Å²) in [6.07, 6.45) is 7.57. The van der Waals surface area contributed by atoms with Crippen molar-refractivity contribution in [3.05, 3.63) is 70.9 Å². The molecule has 6 rings (SSSR count). The molecule has 3 N–H and O–H groups in total. The molecule has 1 saturated carbocycles. The van der Waals surface area contributed by atoms with Crippen molar-refractivity contribution in [3.63, 3.8) is 0 Å². The summed E-state index contributed by atoms with van der Waals surface area (Å²) < 4.78 is 5.72. The minimum absolute atomic E-state index is 0.0660. The van der Waals surface area contributed by atoms with E-state index in [4.69, 9.17) is 16.0 Å². The van der Waals surface area contributed by atoms with Gasteiger partial charge in [0.05, 0.1) is 0 Å². The van der Waals surface area contributed by atoms with E-state index in [2.05, 4.69) is 62.9 Å². The lowest BCUT2D eigenvalue weighted by atomic mass is 9.85. The van der Waals surface area contributed by atoms with Crippen LogP contribution in [0.15, 0.2) is 59.0 Å². The summed E-state index contributed by atoms with van der Waals surface area (Å²) >= 11 is 8.14. The summed E-state index contributed by atoms with van der Waals surface area (Å²) in [5.74, 6) is 2.28.